The van der Waals surface area contributed by atoms with Crippen LogP contribution in [0.4, 0.5) is 5.69 Å². The Balaban J connectivity index is 1.35. The standard InChI is InChI=1S/C22H27N5O3S/c1-16(2)27-22-18(14-24-27)13-19(15-23-22)25-21(28)10-7-17-5-8-20(9-6-17)31(29,30)26-11-3-4-12-26/h5-6,8-9,13-16H,3-4,7,10-12H2,1-2H3,(H,25,28). The Morgan fingerprint density at radius 3 is 2.52 bits per heavy atom. The zero-order valence-electron chi connectivity index (χ0n) is 17.8. The number of carbonyl (C=O) groups excluding carboxylic acids is 1. The first-order valence-electron chi connectivity index (χ1n) is 10.6. The number of benzene rings is 1. The van der Waals surface area contributed by atoms with Crippen LogP contribution in [0.1, 0.15) is 44.7 Å². The number of aromatic nitrogens is 3. The Morgan fingerprint density at radius 2 is 1.84 bits per heavy atom. The summed E-state index contributed by atoms with van der Waals surface area (Å²) < 4.78 is 28.6. The van der Waals surface area contributed by atoms with Gasteiger partial charge in [0.2, 0.25) is 15.9 Å². The molecule has 1 aromatic carbocycles. The van der Waals surface area contributed by atoms with Crippen molar-refractivity contribution in [3.8, 4) is 0 Å². The van der Waals surface area contributed by atoms with E-state index in [1.165, 1.54) is 4.31 Å². The number of aryl methyl sites for hydroxylation is 1. The smallest absolute Gasteiger partial charge is 0.243 e. The van der Waals surface area contributed by atoms with Gasteiger partial charge in [0.25, 0.3) is 0 Å². The van der Waals surface area contributed by atoms with Crippen LogP contribution in [0.2, 0.25) is 0 Å². The van der Waals surface area contributed by atoms with E-state index < -0.39 is 10.0 Å². The van der Waals surface area contributed by atoms with E-state index in [9.17, 15) is 13.2 Å². The summed E-state index contributed by atoms with van der Waals surface area (Å²) in [7, 11) is -3.41. The molecule has 1 saturated heterocycles. The number of carbonyl (C=O) groups is 1. The molecule has 3 heterocycles. The van der Waals surface area contributed by atoms with Crippen molar-refractivity contribution in [1.82, 2.24) is 19.1 Å². The summed E-state index contributed by atoms with van der Waals surface area (Å²) in [5, 5.41) is 8.09. The van der Waals surface area contributed by atoms with Gasteiger partial charge in [0.05, 0.1) is 23.0 Å². The predicted molar refractivity (Wildman–Crippen MR) is 119 cm³/mol. The lowest BCUT2D eigenvalue weighted by molar-refractivity contribution is -0.116. The van der Waals surface area contributed by atoms with Gasteiger partial charge in [-0.05, 0) is 56.9 Å². The molecule has 0 bridgehead atoms. The first-order valence-corrected chi connectivity index (χ1v) is 12.0. The largest absolute Gasteiger partial charge is 0.325 e. The van der Waals surface area contributed by atoms with Crippen molar-refractivity contribution in [1.29, 1.82) is 0 Å². The second kappa shape index (κ2) is 8.76. The molecule has 31 heavy (non-hydrogen) atoms. The third kappa shape index (κ3) is 4.62. The second-order valence-corrected chi connectivity index (χ2v) is 10.1. The molecule has 3 aromatic rings. The highest BCUT2D eigenvalue weighted by molar-refractivity contribution is 7.89. The molecule has 0 radical (unpaired) electrons. The van der Waals surface area contributed by atoms with E-state index in [1.54, 1.807) is 36.7 Å². The quantitative estimate of drug-likeness (QED) is 0.606. The second-order valence-electron chi connectivity index (χ2n) is 8.12. The zero-order chi connectivity index (χ0) is 22.0. The van der Waals surface area contributed by atoms with Crippen molar-refractivity contribution in [2.24, 2.45) is 0 Å². The predicted octanol–water partition coefficient (Wildman–Crippen LogP) is 3.37. The van der Waals surface area contributed by atoms with Gasteiger partial charge in [0.15, 0.2) is 5.65 Å². The van der Waals surface area contributed by atoms with Crippen molar-refractivity contribution < 1.29 is 13.2 Å². The summed E-state index contributed by atoms with van der Waals surface area (Å²) in [6.45, 7) is 5.25. The molecule has 0 aliphatic carbocycles. The monoisotopic (exact) mass is 441 g/mol. The Hall–Kier alpha value is -2.78. The maximum absolute atomic E-state index is 12.6. The average molecular weight is 442 g/mol. The maximum Gasteiger partial charge on any atom is 0.243 e. The van der Waals surface area contributed by atoms with Crippen molar-refractivity contribution in [2.75, 3.05) is 18.4 Å². The molecular weight excluding hydrogens is 414 g/mol. The van der Waals surface area contributed by atoms with Gasteiger partial charge in [-0.1, -0.05) is 12.1 Å². The SMILES string of the molecule is CC(C)n1ncc2cc(NC(=O)CCc3ccc(S(=O)(=O)N4CCCC4)cc3)cnc21. The summed E-state index contributed by atoms with van der Waals surface area (Å²) >= 11 is 0. The Labute approximate surface area is 182 Å². The number of anilines is 1. The molecular formula is C22H27N5O3S. The Kier molecular flexibility index (Phi) is 6.06. The fourth-order valence-corrected chi connectivity index (χ4v) is 5.29. The van der Waals surface area contributed by atoms with Gasteiger partial charge in [-0.2, -0.15) is 9.40 Å². The van der Waals surface area contributed by atoms with Gasteiger partial charge in [-0.3, -0.25) is 4.79 Å². The number of pyridine rings is 1. The first-order chi connectivity index (χ1) is 14.8. The van der Waals surface area contributed by atoms with Crippen LogP contribution in [0.3, 0.4) is 0 Å². The van der Waals surface area contributed by atoms with Crippen LogP contribution in [-0.4, -0.2) is 46.5 Å². The molecule has 1 aliphatic heterocycles. The molecule has 8 nitrogen and oxygen atoms in total. The van der Waals surface area contributed by atoms with Gasteiger partial charge in [-0.15, -0.1) is 0 Å². The molecule has 4 rings (SSSR count). The highest BCUT2D eigenvalue weighted by atomic mass is 32.2. The molecule has 0 spiro atoms. The molecule has 1 aliphatic rings. The van der Waals surface area contributed by atoms with Crippen molar-refractivity contribution in [3.63, 3.8) is 0 Å². The third-order valence-corrected chi connectivity index (χ3v) is 7.39. The minimum atomic E-state index is -3.41. The van der Waals surface area contributed by atoms with Gasteiger partial charge in [0.1, 0.15) is 0 Å². The van der Waals surface area contributed by atoms with E-state index >= 15 is 0 Å². The number of rotatable bonds is 7. The van der Waals surface area contributed by atoms with E-state index in [4.69, 9.17) is 0 Å². The van der Waals surface area contributed by atoms with Crippen molar-refractivity contribution >= 4 is 32.7 Å². The van der Waals surface area contributed by atoms with Gasteiger partial charge in [-0.25, -0.2) is 18.1 Å². The lowest BCUT2D eigenvalue weighted by Crippen LogP contribution is -2.27. The summed E-state index contributed by atoms with van der Waals surface area (Å²) in [5.41, 5.74) is 2.34. The molecule has 1 fully saturated rings. The van der Waals surface area contributed by atoms with Crippen LogP contribution in [-0.2, 0) is 21.2 Å². The minimum absolute atomic E-state index is 0.119. The van der Waals surface area contributed by atoms with E-state index in [-0.39, 0.29) is 11.9 Å². The maximum atomic E-state index is 12.6. The number of amides is 1. The van der Waals surface area contributed by atoms with Gasteiger partial charge >= 0.3 is 0 Å². The minimum Gasteiger partial charge on any atom is -0.325 e. The Morgan fingerprint density at radius 1 is 1.13 bits per heavy atom. The number of nitrogens with one attached hydrogen (secondary N) is 1. The van der Waals surface area contributed by atoms with Crippen molar-refractivity contribution in [3.05, 3.63) is 48.3 Å². The topological polar surface area (TPSA) is 97.2 Å². The molecule has 2 aromatic heterocycles. The van der Waals surface area contributed by atoms with Crippen LogP contribution < -0.4 is 5.32 Å². The highest BCUT2D eigenvalue weighted by Gasteiger charge is 2.26. The lowest BCUT2D eigenvalue weighted by Gasteiger charge is -2.15. The lowest BCUT2D eigenvalue weighted by atomic mass is 10.1. The summed E-state index contributed by atoms with van der Waals surface area (Å²) in [6, 6.07) is 8.90. The normalized spacial score (nSPS) is 15.1. The van der Waals surface area contributed by atoms with Crippen LogP contribution in [0.5, 0.6) is 0 Å². The van der Waals surface area contributed by atoms with Gasteiger partial charge < -0.3 is 5.32 Å². The first kappa shape index (κ1) is 21.5. The fraction of sp³-hybridized carbons (Fsp3) is 0.409. The number of hydrogen-bond acceptors (Lipinski definition) is 5. The summed E-state index contributed by atoms with van der Waals surface area (Å²) in [4.78, 5) is 17.1. The Bertz CT molecular complexity index is 1180. The summed E-state index contributed by atoms with van der Waals surface area (Å²) in [6.07, 6.45) is 6.02. The van der Waals surface area contributed by atoms with Crippen LogP contribution >= 0.6 is 0 Å². The average Bonchev–Trinajstić information content (AvgIpc) is 3.43. The van der Waals surface area contributed by atoms with Gasteiger partial charge in [0, 0.05) is 30.9 Å². The molecule has 1 amide bonds. The van der Waals surface area contributed by atoms with Crippen LogP contribution in [0.25, 0.3) is 11.0 Å². The summed E-state index contributed by atoms with van der Waals surface area (Å²) in [5.74, 6) is -0.119. The molecule has 0 unspecified atom stereocenters. The number of hydrogen-bond donors (Lipinski definition) is 1. The van der Waals surface area contributed by atoms with E-state index in [2.05, 4.69) is 15.4 Å². The van der Waals surface area contributed by atoms with E-state index in [1.807, 2.05) is 24.6 Å². The highest BCUT2D eigenvalue weighted by Crippen LogP contribution is 2.22. The van der Waals surface area contributed by atoms with E-state index in [0.717, 1.165) is 29.4 Å². The fourth-order valence-electron chi connectivity index (χ4n) is 3.77. The molecule has 0 atom stereocenters. The molecule has 0 saturated carbocycles. The van der Waals surface area contributed by atoms with E-state index in [0.29, 0.717) is 36.5 Å². The number of sulfonamides is 1. The number of fused-ring (bicyclic) bond motifs is 1. The zero-order valence-corrected chi connectivity index (χ0v) is 18.6. The number of nitrogens with zero attached hydrogens (tertiary/aromatic N) is 4. The molecule has 164 valence electrons. The van der Waals surface area contributed by atoms with Crippen molar-refractivity contribution in [2.45, 2.75) is 50.5 Å². The van der Waals surface area contributed by atoms with Crippen LogP contribution in [0, 0.1) is 0 Å². The molecule has 1 N–H and O–H groups in total. The molecule has 9 heteroatoms. The van der Waals surface area contributed by atoms with Crippen LogP contribution in [0.15, 0.2) is 47.6 Å². The third-order valence-electron chi connectivity index (χ3n) is 5.47.